The van der Waals surface area contributed by atoms with Crippen molar-refractivity contribution in [2.75, 3.05) is 6.61 Å². The molecule has 1 aromatic rings. The van der Waals surface area contributed by atoms with Gasteiger partial charge in [-0.2, -0.15) is 0 Å². The van der Waals surface area contributed by atoms with Crippen molar-refractivity contribution in [1.82, 2.24) is 10.3 Å². The zero-order chi connectivity index (χ0) is 14.9. The van der Waals surface area contributed by atoms with Crippen LogP contribution in [0.3, 0.4) is 0 Å². The van der Waals surface area contributed by atoms with Crippen molar-refractivity contribution >= 4 is 5.91 Å². The Hall–Kier alpha value is -1.42. The van der Waals surface area contributed by atoms with E-state index in [1.807, 2.05) is 26.0 Å². The Morgan fingerprint density at radius 2 is 2.29 bits per heavy atom. The van der Waals surface area contributed by atoms with Crippen molar-refractivity contribution < 1.29 is 9.53 Å². The van der Waals surface area contributed by atoms with E-state index in [1.165, 1.54) is 19.3 Å². The first-order valence-electron chi connectivity index (χ1n) is 7.96. The largest absolute Gasteiger partial charge is 0.378 e. The molecule has 0 aliphatic heterocycles. The van der Waals surface area contributed by atoms with Gasteiger partial charge in [0.15, 0.2) is 0 Å². The Labute approximate surface area is 126 Å². The van der Waals surface area contributed by atoms with Crippen LogP contribution < -0.4 is 5.32 Å². The van der Waals surface area contributed by atoms with E-state index in [1.54, 1.807) is 6.20 Å². The van der Waals surface area contributed by atoms with Gasteiger partial charge in [0.2, 0.25) is 5.91 Å². The highest BCUT2D eigenvalue weighted by Crippen LogP contribution is 2.57. The van der Waals surface area contributed by atoms with E-state index in [4.69, 9.17) is 4.74 Å². The third kappa shape index (κ3) is 2.69. The first-order valence-corrected chi connectivity index (χ1v) is 7.96. The van der Waals surface area contributed by atoms with E-state index in [0.717, 1.165) is 24.3 Å². The molecular weight excluding hydrogens is 264 g/mol. The second-order valence-electron chi connectivity index (χ2n) is 6.37. The van der Waals surface area contributed by atoms with Crippen LogP contribution in [-0.4, -0.2) is 29.6 Å². The van der Waals surface area contributed by atoms with Crippen LogP contribution in [0.25, 0.3) is 0 Å². The molecule has 1 amide bonds. The summed E-state index contributed by atoms with van der Waals surface area (Å²) in [6, 6.07) is 4.23. The van der Waals surface area contributed by atoms with E-state index in [9.17, 15) is 4.79 Å². The Kier molecular flexibility index (Phi) is 3.98. The fourth-order valence-electron chi connectivity index (χ4n) is 3.67. The molecule has 4 heteroatoms. The Bertz CT molecular complexity index is 508. The maximum absolute atomic E-state index is 12.2. The van der Waals surface area contributed by atoms with Gasteiger partial charge in [-0.15, -0.1) is 0 Å². The molecule has 3 rings (SSSR count). The minimum Gasteiger partial charge on any atom is -0.378 e. The van der Waals surface area contributed by atoms with E-state index in [0.29, 0.717) is 18.6 Å². The molecule has 114 valence electrons. The van der Waals surface area contributed by atoms with Gasteiger partial charge in [-0.1, -0.05) is 12.5 Å². The summed E-state index contributed by atoms with van der Waals surface area (Å²) < 4.78 is 5.82. The van der Waals surface area contributed by atoms with Gasteiger partial charge in [0.25, 0.3) is 0 Å². The first-order chi connectivity index (χ1) is 10.1. The normalized spacial score (nSPS) is 26.0. The van der Waals surface area contributed by atoms with Crippen molar-refractivity contribution in [3.63, 3.8) is 0 Å². The third-order valence-corrected chi connectivity index (χ3v) is 5.11. The van der Waals surface area contributed by atoms with Crippen molar-refractivity contribution in [1.29, 1.82) is 0 Å². The summed E-state index contributed by atoms with van der Waals surface area (Å²) in [6.07, 6.45) is 7.16. The van der Waals surface area contributed by atoms with Crippen molar-refractivity contribution in [2.45, 2.75) is 58.1 Å². The number of amides is 1. The number of hydrogen-bond acceptors (Lipinski definition) is 3. The van der Waals surface area contributed by atoms with Crippen LogP contribution >= 0.6 is 0 Å². The SMILES string of the molecule is CCOC1CC(NC(=O)Cc2ccc(C)nc2)C12CCC2. The summed E-state index contributed by atoms with van der Waals surface area (Å²) in [6.45, 7) is 4.76. The Morgan fingerprint density at radius 1 is 1.48 bits per heavy atom. The molecule has 0 aromatic carbocycles. The van der Waals surface area contributed by atoms with Crippen LogP contribution in [0.1, 0.15) is 43.9 Å². The summed E-state index contributed by atoms with van der Waals surface area (Å²) in [5, 5.41) is 3.21. The summed E-state index contributed by atoms with van der Waals surface area (Å²) in [7, 11) is 0. The van der Waals surface area contributed by atoms with Crippen molar-refractivity contribution in [3.8, 4) is 0 Å². The number of hydrogen-bond donors (Lipinski definition) is 1. The average molecular weight is 288 g/mol. The number of aromatic nitrogens is 1. The summed E-state index contributed by atoms with van der Waals surface area (Å²) in [4.78, 5) is 16.5. The first kappa shape index (κ1) is 14.5. The summed E-state index contributed by atoms with van der Waals surface area (Å²) in [5.41, 5.74) is 2.18. The van der Waals surface area contributed by atoms with Gasteiger partial charge in [0.05, 0.1) is 12.5 Å². The Balaban J connectivity index is 1.55. The molecule has 2 atom stereocenters. The lowest BCUT2D eigenvalue weighted by molar-refractivity contribution is -0.175. The summed E-state index contributed by atoms with van der Waals surface area (Å²) in [5.74, 6) is 0.104. The van der Waals surface area contributed by atoms with Crippen LogP contribution in [-0.2, 0) is 16.0 Å². The zero-order valence-corrected chi connectivity index (χ0v) is 12.9. The number of nitrogens with zero attached hydrogens (tertiary/aromatic N) is 1. The predicted molar refractivity (Wildman–Crippen MR) is 80.9 cm³/mol. The third-order valence-electron chi connectivity index (χ3n) is 5.11. The highest BCUT2D eigenvalue weighted by molar-refractivity contribution is 5.79. The van der Waals surface area contributed by atoms with Crippen LogP contribution in [0.15, 0.2) is 18.3 Å². The van der Waals surface area contributed by atoms with E-state index in [2.05, 4.69) is 10.3 Å². The standard InChI is InChI=1S/C17H24N2O2/c1-3-21-15-10-14(17(15)7-4-8-17)19-16(20)9-13-6-5-12(2)18-11-13/h5-6,11,14-15H,3-4,7-10H2,1-2H3,(H,19,20). The van der Waals surface area contributed by atoms with Gasteiger partial charge >= 0.3 is 0 Å². The maximum Gasteiger partial charge on any atom is 0.224 e. The molecule has 2 aliphatic carbocycles. The van der Waals surface area contributed by atoms with Gasteiger partial charge in [0, 0.05) is 30.0 Å². The maximum atomic E-state index is 12.2. The number of ether oxygens (including phenoxy) is 1. The molecule has 0 bridgehead atoms. The molecule has 1 aromatic heterocycles. The highest BCUT2D eigenvalue weighted by atomic mass is 16.5. The number of carbonyl (C=O) groups excluding carboxylic acids is 1. The number of carbonyl (C=O) groups is 1. The molecule has 4 nitrogen and oxygen atoms in total. The molecule has 1 N–H and O–H groups in total. The van der Waals surface area contributed by atoms with Gasteiger partial charge in [0.1, 0.15) is 0 Å². The molecule has 1 spiro atoms. The van der Waals surface area contributed by atoms with Gasteiger partial charge < -0.3 is 10.1 Å². The second kappa shape index (κ2) is 5.76. The lowest BCUT2D eigenvalue weighted by Crippen LogP contribution is -2.67. The number of rotatable bonds is 5. The van der Waals surface area contributed by atoms with Crippen molar-refractivity contribution in [3.05, 3.63) is 29.6 Å². The monoisotopic (exact) mass is 288 g/mol. The molecule has 0 radical (unpaired) electrons. The Morgan fingerprint density at radius 3 is 2.86 bits per heavy atom. The number of aryl methyl sites for hydroxylation is 1. The fraction of sp³-hybridized carbons (Fsp3) is 0.647. The smallest absolute Gasteiger partial charge is 0.224 e. The molecular formula is C17H24N2O2. The lowest BCUT2D eigenvalue weighted by Gasteiger charge is -2.61. The average Bonchev–Trinajstić information content (AvgIpc) is 2.38. The second-order valence-corrected chi connectivity index (χ2v) is 6.37. The summed E-state index contributed by atoms with van der Waals surface area (Å²) >= 11 is 0. The molecule has 2 saturated carbocycles. The van der Waals surface area contributed by atoms with Gasteiger partial charge in [-0.3, -0.25) is 9.78 Å². The molecule has 0 saturated heterocycles. The highest BCUT2D eigenvalue weighted by Gasteiger charge is 2.59. The predicted octanol–water partition coefficient (Wildman–Crippen LogP) is 2.40. The number of nitrogens with one attached hydrogen (secondary N) is 1. The van der Waals surface area contributed by atoms with Gasteiger partial charge in [-0.25, -0.2) is 0 Å². The van der Waals surface area contributed by atoms with Crippen LogP contribution in [0.5, 0.6) is 0 Å². The molecule has 2 aliphatic rings. The number of pyridine rings is 1. The van der Waals surface area contributed by atoms with E-state index < -0.39 is 0 Å². The lowest BCUT2D eigenvalue weighted by atomic mass is 9.51. The van der Waals surface area contributed by atoms with Crippen LogP contribution in [0.4, 0.5) is 0 Å². The molecule has 1 heterocycles. The zero-order valence-electron chi connectivity index (χ0n) is 12.9. The van der Waals surface area contributed by atoms with Crippen LogP contribution in [0, 0.1) is 12.3 Å². The minimum absolute atomic E-state index is 0.104. The van der Waals surface area contributed by atoms with E-state index >= 15 is 0 Å². The topological polar surface area (TPSA) is 51.2 Å². The molecule has 2 fully saturated rings. The molecule has 2 unspecified atom stereocenters. The van der Waals surface area contributed by atoms with Crippen LogP contribution in [0.2, 0.25) is 0 Å². The van der Waals surface area contributed by atoms with E-state index in [-0.39, 0.29) is 11.3 Å². The quantitative estimate of drug-likeness (QED) is 0.905. The fourth-order valence-corrected chi connectivity index (χ4v) is 3.67. The minimum atomic E-state index is 0.104. The van der Waals surface area contributed by atoms with Gasteiger partial charge in [-0.05, 0) is 44.7 Å². The molecule has 21 heavy (non-hydrogen) atoms. The van der Waals surface area contributed by atoms with Crippen molar-refractivity contribution in [2.24, 2.45) is 5.41 Å².